The summed E-state index contributed by atoms with van der Waals surface area (Å²) in [7, 11) is 0. The van der Waals surface area contributed by atoms with E-state index >= 15 is 0 Å². The third-order valence-electron chi connectivity index (χ3n) is 2.80. The zero-order valence-electron chi connectivity index (χ0n) is 9.00. The summed E-state index contributed by atoms with van der Waals surface area (Å²) in [6.07, 6.45) is 1.82. The second-order valence-corrected chi connectivity index (χ2v) is 4.46. The molecule has 16 heavy (non-hydrogen) atoms. The Balaban J connectivity index is 1.96. The van der Waals surface area contributed by atoms with Crippen molar-refractivity contribution in [3.05, 3.63) is 29.3 Å². The fourth-order valence-electron chi connectivity index (χ4n) is 1.89. The van der Waals surface area contributed by atoms with Crippen LogP contribution in [-0.2, 0) is 4.79 Å². The number of carbonyl (C=O) groups excluding carboxylic acids is 1. The van der Waals surface area contributed by atoms with Crippen molar-refractivity contribution in [3.63, 3.8) is 0 Å². The monoisotopic (exact) mass is 238 g/mol. The van der Waals surface area contributed by atoms with E-state index in [0.29, 0.717) is 5.02 Å². The molecule has 2 N–H and O–H groups in total. The average Bonchev–Trinajstić information content (AvgIpc) is 2.30. The number of benzene rings is 1. The van der Waals surface area contributed by atoms with Gasteiger partial charge in [0.25, 0.3) is 0 Å². The molecule has 0 saturated carbocycles. The lowest BCUT2D eigenvalue weighted by Gasteiger charge is -2.21. The van der Waals surface area contributed by atoms with Crippen LogP contribution in [0.3, 0.4) is 0 Å². The molecule has 0 spiro atoms. The van der Waals surface area contributed by atoms with Crippen LogP contribution in [0.2, 0.25) is 5.02 Å². The van der Waals surface area contributed by atoms with Crippen molar-refractivity contribution in [2.45, 2.75) is 12.8 Å². The van der Waals surface area contributed by atoms with Crippen molar-refractivity contribution in [1.29, 1.82) is 0 Å². The first-order valence-corrected chi connectivity index (χ1v) is 5.90. The van der Waals surface area contributed by atoms with Gasteiger partial charge in [0.2, 0.25) is 5.91 Å². The van der Waals surface area contributed by atoms with Crippen LogP contribution in [0, 0.1) is 5.92 Å². The molecule has 1 aromatic carbocycles. The van der Waals surface area contributed by atoms with Gasteiger partial charge in [0, 0.05) is 16.6 Å². The molecule has 1 aromatic rings. The molecule has 1 aliphatic heterocycles. The molecule has 0 atom stereocenters. The van der Waals surface area contributed by atoms with Crippen molar-refractivity contribution in [2.24, 2.45) is 5.92 Å². The van der Waals surface area contributed by atoms with E-state index in [4.69, 9.17) is 11.6 Å². The molecule has 0 aliphatic carbocycles. The van der Waals surface area contributed by atoms with E-state index in [1.807, 2.05) is 12.1 Å². The molecular weight excluding hydrogens is 224 g/mol. The van der Waals surface area contributed by atoms with Gasteiger partial charge in [0.05, 0.1) is 0 Å². The summed E-state index contributed by atoms with van der Waals surface area (Å²) in [4.78, 5) is 11.9. The largest absolute Gasteiger partial charge is 0.326 e. The van der Waals surface area contributed by atoms with Gasteiger partial charge in [0.15, 0.2) is 0 Å². The Hall–Kier alpha value is -1.06. The van der Waals surface area contributed by atoms with Crippen LogP contribution in [0.1, 0.15) is 12.8 Å². The lowest BCUT2D eigenvalue weighted by molar-refractivity contribution is -0.120. The maximum Gasteiger partial charge on any atom is 0.227 e. The summed E-state index contributed by atoms with van der Waals surface area (Å²) in [5.74, 6) is 0.226. The number of rotatable bonds is 2. The summed E-state index contributed by atoms with van der Waals surface area (Å²) in [5.41, 5.74) is 0.774. The maximum atomic E-state index is 11.9. The topological polar surface area (TPSA) is 41.1 Å². The molecule has 0 bridgehead atoms. The summed E-state index contributed by atoms with van der Waals surface area (Å²) in [6, 6.07) is 7.24. The van der Waals surface area contributed by atoms with Gasteiger partial charge in [-0.25, -0.2) is 0 Å². The van der Waals surface area contributed by atoms with Gasteiger partial charge in [-0.3, -0.25) is 4.79 Å². The van der Waals surface area contributed by atoms with Crippen LogP contribution in [0.15, 0.2) is 24.3 Å². The smallest absolute Gasteiger partial charge is 0.227 e. The number of amides is 1. The molecule has 1 fully saturated rings. The molecule has 3 nitrogen and oxygen atoms in total. The van der Waals surface area contributed by atoms with Gasteiger partial charge in [0.1, 0.15) is 0 Å². The minimum atomic E-state index is 0.101. The van der Waals surface area contributed by atoms with Crippen LogP contribution in [0.4, 0.5) is 5.69 Å². The molecule has 1 amide bonds. The maximum absolute atomic E-state index is 11.9. The summed E-state index contributed by atoms with van der Waals surface area (Å²) < 4.78 is 0. The van der Waals surface area contributed by atoms with Gasteiger partial charge in [-0.05, 0) is 44.1 Å². The normalized spacial score (nSPS) is 17.1. The van der Waals surface area contributed by atoms with Crippen LogP contribution in [0.25, 0.3) is 0 Å². The van der Waals surface area contributed by atoms with Crippen LogP contribution in [0.5, 0.6) is 0 Å². The number of carbonyl (C=O) groups is 1. The third-order valence-corrected chi connectivity index (χ3v) is 3.04. The Morgan fingerprint density at radius 2 is 2.12 bits per heavy atom. The number of piperidine rings is 1. The molecule has 1 aliphatic rings. The van der Waals surface area contributed by atoms with E-state index in [0.717, 1.165) is 31.6 Å². The SMILES string of the molecule is O=C(Nc1cccc(Cl)c1)C1CCNCC1. The average molecular weight is 239 g/mol. The van der Waals surface area contributed by atoms with Crippen molar-refractivity contribution in [3.8, 4) is 0 Å². The minimum Gasteiger partial charge on any atom is -0.326 e. The second-order valence-electron chi connectivity index (χ2n) is 4.02. The van der Waals surface area contributed by atoms with E-state index < -0.39 is 0 Å². The second kappa shape index (κ2) is 5.32. The van der Waals surface area contributed by atoms with Crippen molar-refractivity contribution in [1.82, 2.24) is 5.32 Å². The number of hydrogen-bond acceptors (Lipinski definition) is 2. The Bertz CT molecular complexity index is 375. The lowest BCUT2D eigenvalue weighted by atomic mass is 9.97. The highest BCUT2D eigenvalue weighted by Crippen LogP contribution is 2.18. The highest BCUT2D eigenvalue weighted by atomic mass is 35.5. The van der Waals surface area contributed by atoms with Crippen LogP contribution < -0.4 is 10.6 Å². The molecule has 0 radical (unpaired) electrons. The van der Waals surface area contributed by atoms with Crippen molar-refractivity contribution >= 4 is 23.2 Å². The van der Waals surface area contributed by atoms with E-state index in [2.05, 4.69) is 10.6 Å². The highest BCUT2D eigenvalue weighted by molar-refractivity contribution is 6.30. The van der Waals surface area contributed by atoms with E-state index in [9.17, 15) is 4.79 Å². The molecule has 0 unspecified atom stereocenters. The number of halogens is 1. The van der Waals surface area contributed by atoms with Gasteiger partial charge >= 0.3 is 0 Å². The lowest BCUT2D eigenvalue weighted by Crippen LogP contribution is -2.34. The minimum absolute atomic E-state index is 0.101. The van der Waals surface area contributed by atoms with E-state index in [1.165, 1.54) is 0 Å². The summed E-state index contributed by atoms with van der Waals surface area (Å²) >= 11 is 5.85. The predicted octanol–water partition coefficient (Wildman–Crippen LogP) is 2.28. The first-order chi connectivity index (χ1) is 7.75. The molecule has 86 valence electrons. The number of hydrogen-bond donors (Lipinski definition) is 2. The molecule has 2 rings (SSSR count). The Morgan fingerprint density at radius 1 is 1.38 bits per heavy atom. The summed E-state index contributed by atoms with van der Waals surface area (Å²) in [5, 5.41) is 6.78. The Morgan fingerprint density at radius 3 is 2.81 bits per heavy atom. The highest BCUT2D eigenvalue weighted by Gasteiger charge is 2.20. The van der Waals surface area contributed by atoms with Crippen molar-refractivity contribution < 1.29 is 4.79 Å². The van der Waals surface area contributed by atoms with Gasteiger partial charge in [-0.1, -0.05) is 17.7 Å². The number of anilines is 1. The molecular formula is C12H15ClN2O. The standard InChI is InChI=1S/C12H15ClN2O/c13-10-2-1-3-11(8-10)15-12(16)9-4-6-14-7-5-9/h1-3,8-9,14H,4-7H2,(H,15,16). The fourth-order valence-corrected chi connectivity index (χ4v) is 2.08. The Kier molecular flexibility index (Phi) is 3.80. The van der Waals surface area contributed by atoms with Gasteiger partial charge in [-0.2, -0.15) is 0 Å². The molecule has 1 heterocycles. The van der Waals surface area contributed by atoms with Gasteiger partial charge in [-0.15, -0.1) is 0 Å². The van der Waals surface area contributed by atoms with Crippen molar-refractivity contribution in [2.75, 3.05) is 18.4 Å². The first-order valence-electron chi connectivity index (χ1n) is 5.53. The molecule has 1 saturated heterocycles. The predicted molar refractivity (Wildman–Crippen MR) is 65.7 cm³/mol. The van der Waals surface area contributed by atoms with E-state index in [1.54, 1.807) is 12.1 Å². The zero-order valence-corrected chi connectivity index (χ0v) is 9.76. The quantitative estimate of drug-likeness (QED) is 0.830. The fraction of sp³-hybridized carbons (Fsp3) is 0.417. The van der Waals surface area contributed by atoms with Crippen LogP contribution in [-0.4, -0.2) is 19.0 Å². The number of nitrogens with one attached hydrogen (secondary N) is 2. The Labute approximate surface area is 100 Å². The molecule has 0 aromatic heterocycles. The molecule has 4 heteroatoms. The van der Waals surface area contributed by atoms with E-state index in [-0.39, 0.29) is 11.8 Å². The summed E-state index contributed by atoms with van der Waals surface area (Å²) in [6.45, 7) is 1.85. The van der Waals surface area contributed by atoms with Gasteiger partial charge < -0.3 is 10.6 Å². The third kappa shape index (κ3) is 2.97. The zero-order chi connectivity index (χ0) is 11.4. The first kappa shape index (κ1) is 11.4. The van der Waals surface area contributed by atoms with Crippen LogP contribution >= 0.6 is 11.6 Å².